The van der Waals surface area contributed by atoms with E-state index in [2.05, 4.69) is 46.2 Å². The van der Waals surface area contributed by atoms with Crippen LogP contribution >= 0.6 is 23.2 Å². The predicted octanol–water partition coefficient (Wildman–Crippen LogP) is 4.73. The lowest BCUT2D eigenvalue weighted by atomic mass is 10.1. The number of rotatable bonds is 10. The van der Waals surface area contributed by atoms with Crippen LogP contribution in [0.5, 0.6) is 5.88 Å². The van der Waals surface area contributed by atoms with Gasteiger partial charge in [0, 0.05) is 46.7 Å². The van der Waals surface area contributed by atoms with E-state index in [0.29, 0.717) is 39.6 Å². The van der Waals surface area contributed by atoms with Gasteiger partial charge in [-0.1, -0.05) is 35.3 Å². The molecule has 16 heteroatoms. The summed E-state index contributed by atoms with van der Waals surface area (Å²) in [4.78, 5) is 24.7. The van der Waals surface area contributed by atoms with E-state index < -0.39 is 18.2 Å². The Balaban J connectivity index is 1.43. The second-order valence-corrected chi connectivity index (χ2v) is 9.77. The van der Waals surface area contributed by atoms with Crippen molar-refractivity contribution in [1.82, 2.24) is 45.5 Å². The average molecular weight is 635 g/mol. The maximum atomic E-state index is 13.2. The molecule has 0 aliphatic rings. The maximum Gasteiger partial charge on any atom is 0.411 e. The molecule has 3 heterocycles. The molecule has 0 unspecified atom stereocenters. The third-order valence-corrected chi connectivity index (χ3v) is 6.63. The summed E-state index contributed by atoms with van der Waals surface area (Å²) in [5.41, 5.74) is 3.18. The van der Waals surface area contributed by atoms with Gasteiger partial charge in [0.1, 0.15) is 12.0 Å². The summed E-state index contributed by atoms with van der Waals surface area (Å²) in [7, 11) is 1.28. The van der Waals surface area contributed by atoms with Gasteiger partial charge >= 0.3 is 6.09 Å². The first kappa shape index (κ1) is 30.1. The van der Waals surface area contributed by atoms with Crippen molar-refractivity contribution in [2.75, 3.05) is 12.4 Å². The number of ether oxygens (including phenoxy) is 2. The van der Waals surface area contributed by atoms with Crippen molar-refractivity contribution in [2.45, 2.75) is 19.7 Å². The highest BCUT2D eigenvalue weighted by atomic mass is 35.5. The van der Waals surface area contributed by atoms with Crippen molar-refractivity contribution >= 4 is 47.0 Å². The van der Waals surface area contributed by atoms with E-state index in [1.54, 1.807) is 71.6 Å². The first-order valence-corrected chi connectivity index (χ1v) is 13.8. The van der Waals surface area contributed by atoms with Gasteiger partial charge in [-0.3, -0.25) is 14.8 Å². The molecule has 0 spiro atoms. The Bertz CT molecular complexity index is 1790. The number of halogens is 2. The first-order valence-electron chi connectivity index (χ1n) is 13.0. The van der Waals surface area contributed by atoms with Crippen LogP contribution in [0, 0.1) is 0 Å². The van der Waals surface area contributed by atoms with E-state index in [4.69, 9.17) is 27.9 Å². The van der Waals surface area contributed by atoms with Crippen molar-refractivity contribution in [3.8, 4) is 22.7 Å². The zero-order valence-electron chi connectivity index (χ0n) is 23.3. The molecular formula is C28H24Cl2N10O4. The van der Waals surface area contributed by atoms with Crippen LogP contribution in [0.25, 0.3) is 22.9 Å². The van der Waals surface area contributed by atoms with E-state index >= 15 is 0 Å². The fourth-order valence-electron chi connectivity index (χ4n) is 3.97. The van der Waals surface area contributed by atoms with Gasteiger partial charge in [-0.25, -0.2) is 4.79 Å². The zero-order valence-corrected chi connectivity index (χ0v) is 24.8. The number of aromatic nitrogens is 8. The summed E-state index contributed by atoms with van der Waals surface area (Å²) in [6, 6.07) is 15.3. The minimum Gasteiger partial charge on any atom is -0.453 e. The van der Waals surface area contributed by atoms with Crippen molar-refractivity contribution in [1.29, 1.82) is 0 Å². The van der Waals surface area contributed by atoms with E-state index in [9.17, 15) is 9.59 Å². The molecule has 0 fully saturated rings. The maximum absolute atomic E-state index is 13.2. The number of tetrazole rings is 1. The van der Waals surface area contributed by atoms with Crippen molar-refractivity contribution in [3.05, 3.63) is 94.6 Å². The summed E-state index contributed by atoms with van der Waals surface area (Å²) in [6.45, 7) is 2.56. The Labute approximate surface area is 260 Å². The van der Waals surface area contributed by atoms with Gasteiger partial charge in [0.15, 0.2) is 5.15 Å². The number of carbonyl (C=O) groups is 2. The molecule has 0 aliphatic carbocycles. The Kier molecular flexibility index (Phi) is 9.42. The number of hydrogen-bond acceptors (Lipinski definition) is 10. The largest absolute Gasteiger partial charge is 0.453 e. The predicted molar refractivity (Wildman–Crippen MR) is 161 cm³/mol. The van der Waals surface area contributed by atoms with Crippen LogP contribution in [0.4, 0.5) is 10.5 Å². The van der Waals surface area contributed by atoms with Gasteiger partial charge in [-0.2, -0.15) is 4.68 Å². The van der Waals surface area contributed by atoms with Gasteiger partial charge in [-0.15, -0.1) is 20.4 Å². The van der Waals surface area contributed by atoms with Gasteiger partial charge in [0.05, 0.1) is 12.8 Å². The highest BCUT2D eigenvalue weighted by Crippen LogP contribution is 2.30. The normalized spacial score (nSPS) is 11.7. The molecule has 0 radical (unpaired) electrons. The summed E-state index contributed by atoms with van der Waals surface area (Å²) in [6.07, 6.45) is 4.37. The van der Waals surface area contributed by atoms with Gasteiger partial charge in [0.25, 0.3) is 0 Å². The molecule has 1 atom stereocenters. The molecule has 5 rings (SSSR count). The average Bonchev–Trinajstić information content (AvgIpc) is 3.73. The SMILES string of the molecule is CCn1ccc(O[C@H](NC(=O)/C=C/c2cc(Cl)ccc2-n2cnnn2)c2cc(-c3ccc(NC(=O)OC)cc3)c(Cl)nn2)n1. The van der Waals surface area contributed by atoms with Gasteiger partial charge in [-0.05, 0) is 65.4 Å². The van der Waals surface area contributed by atoms with Crippen molar-refractivity contribution < 1.29 is 19.1 Å². The monoisotopic (exact) mass is 634 g/mol. The van der Waals surface area contributed by atoms with Gasteiger partial charge < -0.3 is 14.8 Å². The standard InChI is InChI=1S/C28H24Cl2N10O4/c1-3-39-13-12-25(36-39)44-27(33-24(41)11-6-18-14-19(29)7-10-23(18)40-16-31-37-38-40)22-15-21(26(30)35-34-22)17-4-8-20(9-5-17)32-28(42)43-2/h4-16,27H,3H2,1-2H3,(H,32,42)(H,33,41)/b11-6+/t27-/m0/s1. The lowest BCUT2D eigenvalue weighted by Gasteiger charge is -2.18. The summed E-state index contributed by atoms with van der Waals surface area (Å²) in [5.74, 6) is -0.252. The van der Waals surface area contributed by atoms with E-state index in [0.717, 1.165) is 0 Å². The fraction of sp³-hybridized carbons (Fsp3) is 0.143. The van der Waals surface area contributed by atoms with E-state index in [1.807, 2.05) is 6.92 Å². The molecule has 5 aromatic rings. The molecular weight excluding hydrogens is 611 g/mol. The Hall–Kier alpha value is -5.34. The number of amides is 2. The van der Waals surface area contributed by atoms with Crippen molar-refractivity contribution in [3.63, 3.8) is 0 Å². The number of aryl methyl sites for hydroxylation is 1. The zero-order chi connectivity index (χ0) is 31.1. The smallest absolute Gasteiger partial charge is 0.411 e. The molecule has 0 aliphatic heterocycles. The summed E-state index contributed by atoms with van der Waals surface area (Å²) in [5, 5.41) is 29.8. The van der Waals surface area contributed by atoms with Crippen LogP contribution in [0.2, 0.25) is 10.2 Å². The Morgan fingerprint density at radius 3 is 2.59 bits per heavy atom. The number of hydrogen-bond donors (Lipinski definition) is 2. The molecule has 14 nitrogen and oxygen atoms in total. The molecule has 44 heavy (non-hydrogen) atoms. The van der Waals surface area contributed by atoms with Crippen molar-refractivity contribution in [2.24, 2.45) is 0 Å². The van der Waals surface area contributed by atoms with Gasteiger partial charge in [0.2, 0.25) is 18.0 Å². The topological polar surface area (TPSA) is 164 Å². The molecule has 2 aromatic carbocycles. The lowest BCUT2D eigenvalue weighted by Crippen LogP contribution is -2.32. The van der Waals surface area contributed by atoms with Crippen LogP contribution < -0.4 is 15.4 Å². The van der Waals surface area contributed by atoms with Crippen LogP contribution in [0.15, 0.2) is 73.2 Å². The molecule has 2 amide bonds. The number of anilines is 1. The Morgan fingerprint density at radius 2 is 1.89 bits per heavy atom. The molecule has 0 bridgehead atoms. The molecule has 224 valence electrons. The van der Waals surface area contributed by atoms with E-state index in [-0.39, 0.29) is 16.7 Å². The first-order chi connectivity index (χ1) is 21.3. The van der Waals surface area contributed by atoms with Crippen LogP contribution in [-0.4, -0.2) is 59.3 Å². The quantitative estimate of drug-likeness (QED) is 0.162. The minimum atomic E-state index is -1.10. The number of benzene rings is 2. The molecule has 3 aromatic heterocycles. The third-order valence-electron chi connectivity index (χ3n) is 6.12. The van der Waals surface area contributed by atoms with E-state index in [1.165, 1.54) is 24.2 Å². The molecule has 2 N–H and O–H groups in total. The molecule has 0 saturated heterocycles. The van der Waals surface area contributed by atoms with Crippen LogP contribution in [0.3, 0.4) is 0 Å². The number of nitrogens with one attached hydrogen (secondary N) is 2. The van der Waals surface area contributed by atoms with Crippen LogP contribution in [0.1, 0.15) is 24.4 Å². The fourth-order valence-corrected chi connectivity index (χ4v) is 4.35. The summed E-state index contributed by atoms with van der Waals surface area (Å²) >= 11 is 12.6. The molecule has 0 saturated carbocycles. The highest BCUT2D eigenvalue weighted by Gasteiger charge is 2.21. The number of nitrogens with zero attached hydrogens (tertiary/aromatic N) is 8. The lowest BCUT2D eigenvalue weighted by molar-refractivity contribution is -0.119. The highest BCUT2D eigenvalue weighted by molar-refractivity contribution is 6.32. The van der Waals surface area contributed by atoms with Crippen LogP contribution in [-0.2, 0) is 16.1 Å². The number of carbonyl (C=O) groups excluding carboxylic acids is 2. The minimum absolute atomic E-state index is 0.124. The second-order valence-electron chi connectivity index (χ2n) is 8.97. The Morgan fingerprint density at radius 1 is 1.07 bits per heavy atom. The third kappa shape index (κ3) is 7.35. The second kappa shape index (κ2) is 13.8. The number of methoxy groups -OCH3 is 1. The summed E-state index contributed by atoms with van der Waals surface area (Å²) < 4.78 is 13.8.